The Kier molecular flexibility index (Phi) is 15.3. The van der Waals surface area contributed by atoms with Gasteiger partial charge in [0.25, 0.3) is 11.3 Å². The molecule has 0 aliphatic heterocycles. The average Bonchev–Trinajstić information content (AvgIpc) is 3.17. The van der Waals surface area contributed by atoms with Crippen LogP contribution in [0.25, 0.3) is 11.1 Å². The predicted molar refractivity (Wildman–Crippen MR) is 208 cm³/mol. The van der Waals surface area contributed by atoms with Gasteiger partial charge in [0.05, 0.1) is 24.0 Å². The second-order valence-corrected chi connectivity index (χ2v) is 18.3. The first-order chi connectivity index (χ1) is 24.6. The fourth-order valence-corrected chi connectivity index (χ4v) is 8.93. The Morgan fingerprint density at radius 1 is 0.863 bits per heavy atom. The molecule has 4 rings (SSSR count). The molecule has 4 aromatic rings. The Labute approximate surface area is 306 Å². The van der Waals surface area contributed by atoms with Crippen molar-refractivity contribution in [3.63, 3.8) is 0 Å². The van der Waals surface area contributed by atoms with Crippen LogP contribution in [0, 0.1) is 0 Å². The van der Waals surface area contributed by atoms with Crippen LogP contribution < -0.4 is 19.1 Å². The smallest absolute Gasteiger partial charge is 0.338 e. The van der Waals surface area contributed by atoms with Crippen molar-refractivity contribution in [2.24, 2.45) is 0 Å². The van der Waals surface area contributed by atoms with Gasteiger partial charge in [0.1, 0.15) is 24.7 Å². The minimum Gasteiger partial charge on any atom is -0.492 e. The summed E-state index contributed by atoms with van der Waals surface area (Å²) in [6.07, 6.45) is -0.282. The zero-order valence-corrected chi connectivity index (χ0v) is 32.4. The maximum Gasteiger partial charge on any atom is 0.338 e. The van der Waals surface area contributed by atoms with Crippen LogP contribution in [0.1, 0.15) is 62.2 Å². The third kappa shape index (κ3) is 11.2. The Balaban J connectivity index is 1.45. The van der Waals surface area contributed by atoms with Gasteiger partial charge in [-0.1, -0.05) is 81.4 Å². The van der Waals surface area contributed by atoms with Crippen LogP contribution in [-0.2, 0) is 27.0 Å². The van der Waals surface area contributed by atoms with Crippen LogP contribution in [0.2, 0.25) is 18.1 Å². The number of benzene rings is 4. The Morgan fingerprint density at radius 2 is 1.49 bits per heavy atom. The molecule has 11 heteroatoms. The number of carbonyl (C=O) groups excluding carboxylic acids is 1. The standard InChI is InChI=1S/C40H52N2O7SSi/c1-7-46-40(43)34-18-16-32(17-19-34)33-20-23-36(24-21-33)47-28-30(5)41-27-39(49-51(8-2,9-3)10-4)35-22-25-38(37(26-35)42(6)50(44)45)48-29-31-14-12-11-13-15-31/h11-26,30,39,41H,7-10,27-29H2,1-6H3,(H,44,45). The molecule has 0 spiro atoms. The largest absolute Gasteiger partial charge is 0.492 e. The van der Waals surface area contributed by atoms with E-state index in [9.17, 15) is 13.6 Å². The first-order valence-electron chi connectivity index (χ1n) is 17.7. The molecular formula is C40H52N2O7SSi. The number of nitrogens with zero attached hydrogens (tertiary/aromatic N) is 1. The van der Waals surface area contributed by atoms with Gasteiger partial charge in [-0.3, -0.25) is 8.86 Å². The average molecular weight is 733 g/mol. The normalized spacial score (nSPS) is 13.2. The fraction of sp³-hybridized carbons (Fsp3) is 0.375. The van der Waals surface area contributed by atoms with Crippen molar-refractivity contribution in [2.45, 2.75) is 71.5 Å². The third-order valence-electron chi connectivity index (χ3n) is 9.23. The second-order valence-electron chi connectivity index (χ2n) is 12.5. The lowest BCUT2D eigenvalue weighted by atomic mass is 10.0. The summed E-state index contributed by atoms with van der Waals surface area (Å²) >= 11 is -2.24. The van der Waals surface area contributed by atoms with E-state index in [-0.39, 0.29) is 18.1 Å². The highest BCUT2D eigenvalue weighted by Crippen LogP contribution is 2.36. The van der Waals surface area contributed by atoms with Crippen molar-refractivity contribution in [2.75, 3.05) is 31.1 Å². The summed E-state index contributed by atoms with van der Waals surface area (Å²) in [6.45, 7) is 12.2. The molecular weight excluding hydrogens is 681 g/mol. The van der Waals surface area contributed by atoms with E-state index in [2.05, 4.69) is 33.0 Å². The van der Waals surface area contributed by atoms with Gasteiger partial charge in [0, 0.05) is 19.6 Å². The number of hydrogen-bond donors (Lipinski definition) is 2. The van der Waals surface area contributed by atoms with Gasteiger partial charge in [-0.05, 0) is 90.6 Å². The van der Waals surface area contributed by atoms with Crippen molar-refractivity contribution in [3.8, 4) is 22.6 Å². The molecule has 3 atom stereocenters. The van der Waals surface area contributed by atoms with Crippen LogP contribution in [0.5, 0.6) is 11.5 Å². The van der Waals surface area contributed by atoms with Gasteiger partial charge in [-0.25, -0.2) is 9.00 Å². The van der Waals surface area contributed by atoms with E-state index in [1.54, 1.807) is 26.1 Å². The van der Waals surface area contributed by atoms with Crippen molar-refractivity contribution < 1.29 is 32.2 Å². The van der Waals surface area contributed by atoms with Crippen LogP contribution in [0.4, 0.5) is 5.69 Å². The number of rotatable bonds is 20. The molecule has 0 aromatic heterocycles. The number of hydrogen-bond acceptors (Lipinski definition) is 7. The van der Waals surface area contributed by atoms with Gasteiger partial charge < -0.3 is 24.0 Å². The second kappa shape index (κ2) is 19.6. The van der Waals surface area contributed by atoms with E-state index in [1.807, 2.05) is 84.9 Å². The Morgan fingerprint density at radius 3 is 2.08 bits per heavy atom. The third-order valence-corrected chi connectivity index (χ3v) is 14.5. The van der Waals surface area contributed by atoms with E-state index in [0.29, 0.717) is 43.4 Å². The number of anilines is 1. The maximum absolute atomic E-state index is 12.2. The predicted octanol–water partition coefficient (Wildman–Crippen LogP) is 8.80. The molecule has 0 amide bonds. The summed E-state index contributed by atoms with van der Waals surface area (Å²) in [5, 5.41) is 3.62. The first kappa shape index (κ1) is 39.8. The zero-order valence-electron chi connectivity index (χ0n) is 30.6. The molecule has 0 fully saturated rings. The molecule has 51 heavy (non-hydrogen) atoms. The first-order valence-corrected chi connectivity index (χ1v) is 21.3. The van der Waals surface area contributed by atoms with Crippen molar-refractivity contribution in [1.82, 2.24) is 5.32 Å². The van der Waals surface area contributed by atoms with E-state index < -0.39 is 19.6 Å². The molecule has 0 aliphatic rings. The molecule has 0 saturated heterocycles. The lowest BCUT2D eigenvalue weighted by Gasteiger charge is -2.34. The monoisotopic (exact) mass is 732 g/mol. The molecule has 0 saturated carbocycles. The highest BCUT2D eigenvalue weighted by Gasteiger charge is 2.33. The highest BCUT2D eigenvalue weighted by atomic mass is 32.2. The molecule has 4 aromatic carbocycles. The van der Waals surface area contributed by atoms with E-state index in [0.717, 1.165) is 46.1 Å². The molecule has 0 heterocycles. The number of nitrogens with one attached hydrogen (secondary N) is 1. The Bertz CT molecular complexity index is 1680. The minimum atomic E-state index is -2.24. The fourth-order valence-electron chi connectivity index (χ4n) is 5.80. The quantitative estimate of drug-likeness (QED) is 0.0528. The lowest BCUT2D eigenvalue weighted by molar-refractivity contribution is 0.0526. The maximum atomic E-state index is 12.2. The molecule has 0 bridgehead atoms. The summed E-state index contributed by atoms with van der Waals surface area (Å²) in [5.41, 5.74) is 4.98. The van der Waals surface area contributed by atoms with E-state index >= 15 is 0 Å². The molecule has 2 N–H and O–H groups in total. The van der Waals surface area contributed by atoms with Gasteiger partial charge in [0.15, 0.2) is 8.32 Å². The van der Waals surface area contributed by atoms with Crippen molar-refractivity contribution in [1.29, 1.82) is 0 Å². The van der Waals surface area contributed by atoms with Crippen LogP contribution in [0.3, 0.4) is 0 Å². The highest BCUT2D eigenvalue weighted by molar-refractivity contribution is 7.80. The lowest BCUT2D eigenvalue weighted by Crippen LogP contribution is -2.42. The van der Waals surface area contributed by atoms with Gasteiger partial charge >= 0.3 is 5.97 Å². The summed E-state index contributed by atoms with van der Waals surface area (Å²) in [4.78, 5) is 12.0. The summed E-state index contributed by atoms with van der Waals surface area (Å²) < 4.78 is 48.0. The minimum absolute atomic E-state index is 0.00714. The SMILES string of the molecule is CCOC(=O)c1ccc(-c2ccc(OCC(C)NCC(O[Si](CC)(CC)CC)c3ccc(OCc4ccccc4)c(N(C)S(=O)O)c3)cc2)cc1. The number of esters is 1. The molecule has 0 aliphatic carbocycles. The number of ether oxygens (including phenoxy) is 3. The van der Waals surface area contributed by atoms with Gasteiger partial charge in [-0.2, -0.15) is 0 Å². The Hall–Kier alpha value is -4.00. The molecule has 3 unspecified atom stereocenters. The summed E-state index contributed by atoms with van der Waals surface area (Å²) in [6, 6.07) is 33.9. The van der Waals surface area contributed by atoms with E-state index in [4.69, 9.17) is 18.6 Å². The molecule has 0 radical (unpaired) electrons. The molecule has 274 valence electrons. The van der Waals surface area contributed by atoms with Gasteiger partial charge in [-0.15, -0.1) is 0 Å². The molecule has 9 nitrogen and oxygen atoms in total. The van der Waals surface area contributed by atoms with Crippen molar-refractivity contribution in [3.05, 3.63) is 114 Å². The number of carbonyl (C=O) groups is 1. The topological polar surface area (TPSA) is 107 Å². The van der Waals surface area contributed by atoms with E-state index in [1.165, 1.54) is 4.31 Å². The van der Waals surface area contributed by atoms with Crippen LogP contribution in [0.15, 0.2) is 97.1 Å². The van der Waals surface area contributed by atoms with Crippen LogP contribution >= 0.6 is 0 Å². The summed E-state index contributed by atoms with van der Waals surface area (Å²) in [5.74, 6) is 0.953. The van der Waals surface area contributed by atoms with Crippen LogP contribution in [-0.4, -0.2) is 55.9 Å². The summed E-state index contributed by atoms with van der Waals surface area (Å²) in [7, 11) is -0.461. The zero-order chi connectivity index (χ0) is 36.8. The van der Waals surface area contributed by atoms with Gasteiger partial charge in [0.2, 0.25) is 0 Å². The van der Waals surface area contributed by atoms with Crippen molar-refractivity contribution >= 4 is 31.2 Å².